The van der Waals surface area contributed by atoms with Gasteiger partial charge < -0.3 is 14.6 Å². The molecule has 1 unspecified atom stereocenters. The van der Waals surface area contributed by atoms with Crippen molar-refractivity contribution in [3.63, 3.8) is 0 Å². The average Bonchev–Trinajstić information content (AvgIpc) is 3.16. The van der Waals surface area contributed by atoms with Crippen LogP contribution in [-0.2, 0) is 0 Å². The zero-order valence-electron chi connectivity index (χ0n) is 15.9. The molecule has 1 atom stereocenters. The Balaban J connectivity index is 1.82. The van der Waals surface area contributed by atoms with E-state index in [9.17, 15) is 4.79 Å². The Morgan fingerprint density at radius 2 is 1.89 bits per heavy atom. The van der Waals surface area contributed by atoms with Crippen LogP contribution in [0.2, 0.25) is 0 Å². The Labute approximate surface area is 158 Å². The van der Waals surface area contributed by atoms with Crippen molar-refractivity contribution in [1.82, 2.24) is 15.5 Å². The number of carbonyl (C=O) groups is 1. The van der Waals surface area contributed by atoms with E-state index in [4.69, 9.17) is 9.26 Å². The van der Waals surface area contributed by atoms with Crippen LogP contribution < -0.4 is 10.1 Å². The number of amides is 1. The van der Waals surface area contributed by atoms with Gasteiger partial charge in [-0.15, -0.1) is 0 Å². The standard InChI is InChI=1S/C21H23N3O3/c1-13(2)18(22-20(25)15-10-8-14(3)9-11-15)21-23-19(24-27-21)16-6-5-7-17(12-16)26-4/h5-13,18H,1-4H3,(H,22,25). The molecule has 0 aliphatic rings. The summed E-state index contributed by atoms with van der Waals surface area (Å²) in [5, 5.41) is 7.06. The third-order valence-electron chi connectivity index (χ3n) is 4.30. The van der Waals surface area contributed by atoms with Gasteiger partial charge in [-0.3, -0.25) is 4.79 Å². The molecule has 2 aromatic carbocycles. The first-order valence-corrected chi connectivity index (χ1v) is 8.83. The van der Waals surface area contributed by atoms with E-state index in [-0.39, 0.29) is 17.9 Å². The molecule has 27 heavy (non-hydrogen) atoms. The second kappa shape index (κ2) is 8.03. The van der Waals surface area contributed by atoms with Gasteiger partial charge in [0.1, 0.15) is 11.8 Å². The summed E-state index contributed by atoms with van der Waals surface area (Å²) in [4.78, 5) is 17.1. The van der Waals surface area contributed by atoms with Gasteiger partial charge >= 0.3 is 0 Å². The highest BCUT2D eigenvalue weighted by molar-refractivity contribution is 5.94. The summed E-state index contributed by atoms with van der Waals surface area (Å²) in [5.74, 6) is 1.46. The van der Waals surface area contributed by atoms with Crippen LogP contribution in [0.3, 0.4) is 0 Å². The molecule has 0 aliphatic carbocycles. The molecule has 1 aromatic heterocycles. The molecule has 6 nitrogen and oxygen atoms in total. The van der Waals surface area contributed by atoms with Crippen LogP contribution in [-0.4, -0.2) is 23.2 Å². The number of benzene rings is 2. The number of hydrogen-bond acceptors (Lipinski definition) is 5. The van der Waals surface area contributed by atoms with Gasteiger partial charge in [0, 0.05) is 11.1 Å². The summed E-state index contributed by atoms with van der Waals surface area (Å²) >= 11 is 0. The topological polar surface area (TPSA) is 77.3 Å². The van der Waals surface area contributed by atoms with Crippen molar-refractivity contribution < 1.29 is 14.1 Å². The molecule has 0 spiro atoms. The van der Waals surface area contributed by atoms with Crippen LogP contribution in [0.25, 0.3) is 11.4 Å². The lowest BCUT2D eigenvalue weighted by Gasteiger charge is -2.18. The summed E-state index contributed by atoms with van der Waals surface area (Å²) in [5.41, 5.74) is 2.49. The highest BCUT2D eigenvalue weighted by Gasteiger charge is 2.25. The molecule has 6 heteroatoms. The van der Waals surface area contributed by atoms with Crippen molar-refractivity contribution in [2.45, 2.75) is 26.8 Å². The Hall–Kier alpha value is -3.15. The van der Waals surface area contributed by atoms with Gasteiger partial charge in [-0.1, -0.05) is 48.8 Å². The van der Waals surface area contributed by atoms with E-state index in [0.717, 1.165) is 11.1 Å². The lowest BCUT2D eigenvalue weighted by molar-refractivity contribution is 0.0914. The molecule has 140 valence electrons. The average molecular weight is 365 g/mol. The van der Waals surface area contributed by atoms with E-state index in [1.165, 1.54) is 0 Å². The largest absolute Gasteiger partial charge is 0.497 e. The maximum Gasteiger partial charge on any atom is 0.251 e. The molecular weight excluding hydrogens is 342 g/mol. The normalized spacial score (nSPS) is 12.0. The van der Waals surface area contributed by atoms with Crippen molar-refractivity contribution in [1.29, 1.82) is 0 Å². The Bertz CT molecular complexity index is 916. The van der Waals surface area contributed by atoms with Crippen molar-refractivity contribution in [2.75, 3.05) is 7.11 Å². The van der Waals surface area contributed by atoms with Crippen molar-refractivity contribution in [3.8, 4) is 17.1 Å². The Kier molecular flexibility index (Phi) is 5.54. The molecular formula is C21H23N3O3. The van der Waals surface area contributed by atoms with Crippen LogP contribution >= 0.6 is 0 Å². The highest BCUT2D eigenvalue weighted by atomic mass is 16.5. The van der Waals surface area contributed by atoms with Crippen LogP contribution in [0.4, 0.5) is 0 Å². The molecule has 1 heterocycles. The number of nitrogens with one attached hydrogen (secondary N) is 1. The molecule has 0 aliphatic heterocycles. The van der Waals surface area contributed by atoms with Gasteiger partial charge in [0.2, 0.25) is 11.7 Å². The Morgan fingerprint density at radius 1 is 1.15 bits per heavy atom. The lowest BCUT2D eigenvalue weighted by Crippen LogP contribution is -2.32. The molecule has 0 radical (unpaired) electrons. The minimum atomic E-state index is -0.384. The summed E-state index contributed by atoms with van der Waals surface area (Å²) in [7, 11) is 1.61. The SMILES string of the molecule is COc1cccc(-c2noc(C(NC(=O)c3ccc(C)cc3)C(C)C)n2)c1. The first-order chi connectivity index (χ1) is 13.0. The number of rotatable bonds is 6. The summed E-state index contributed by atoms with van der Waals surface area (Å²) in [6.45, 7) is 5.97. The number of ether oxygens (including phenoxy) is 1. The van der Waals surface area contributed by atoms with Gasteiger partial charge in [0.05, 0.1) is 7.11 Å². The fourth-order valence-corrected chi connectivity index (χ4v) is 2.68. The maximum absolute atomic E-state index is 12.6. The van der Waals surface area contributed by atoms with E-state index in [1.54, 1.807) is 19.2 Å². The van der Waals surface area contributed by atoms with Crippen molar-refractivity contribution >= 4 is 5.91 Å². The van der Waals surface area contributed by atoms with Crippen LogP contribution in [0.5, 0.6) is 5.75 Å². The number of methoxy groups -OCH3 is 1. The van der Waals surface area contributed by atoms with E-state index in [2.05, 4.69) is 15.5 Å². The van der Waals surface area contributed by atoms with Crippen LogP contribution in [0.1, 0.15) is 41.7 Å². The number of nitrogens with zero attached hydrogens (tertiary/aromatic N) is 2. The third kappa shape index (κ3) is 4.34. The zero-order valence-corrected chi connectivity index (χ0v) is 15.9. The zero-order chi connectivity index (χ0) is 19.4. The summed E-state index contributed by atoms with van der Waals surface area (Å²) in [6.07, 6.45) is 0. The smallest absolute Gasteiger partial charge is 0.251 e. The fourth-order valence-electron chi connectivity index (χ4n) is 2.68. The van der Waals surface area contributed by atoms with E-state index >= 15 is 0 Å². The van der Waals surface area contributed by atoms with Gasteiger partial charge in [-0.2, -0.15) is 4.98 Å². The predicted octanol–water partition coefficient (Wildman–Crippen LogP) is 4.18. The molecule has 3 rings (SSSR count). The fraction of sp³-hybridized carbons (Fsp3) is 0.286. The number of aromatic nitrogens is 2. The lowest BCUT2D eigenvalue weighted by atomic mass is 10.0. The quantitative estimate of drug-likeness (QED) is 0.709. The molecule has 3 aromatic rings. The first kappa shape index (κ1) is 18.6. The Morgan fingerprint density at radius 3 is 2.56 bits per heavy atom. The van der Waals surface area contributed by atoms with Crippen molar-refractivity contribution in [3.05, 3.63) is 65.5 Å². The van der Waals surface area contributed by atoms with E-state index in [0.29, 0.717) is 23.0 Å². The van der Waals surface area contributed by atoms with Gasteiger partial charge in [0.25, 0.3) is 5.91 Å². The number of carbonyl (C=O) groups excluding carboxylic acids is 1. The van der Waals surface area contributed by atoms with Gasteiger partial charge in [0.15, 0.2) is 0 Å². The second-order valence-corrected chi connectivity index (χ2v) is 6.75. The molecule has 1 N–H and O–H groups in total. The molecule has 1 amide bonds. The highest BCUT2D eigenvalue weighted by Crippen LogP contribution is 2.26. The van der Waals surface area contributed by atoms with E-state index < -0.39 is 0 Å². The van der Waals surface area contributed by atoms with E-state index in [1.807, 2.05) is 57.2 Å². The van der Waals surface area contributed by atoms with Gasteiger partial charge in [-0.25, -0.2) is 0 Å². The summed E-state index contributed by atoms with van der Waals surface area (Å²) in [6, 6.07) is 14.5. The number of hydrogen-bond donors (Lipinski definition) is 1. The first-order valence-electron chi connectivity index (χ1n) is 8.83. The van der Waals surface area contributed by atoms with Crippen molar-refractivity contribution in [2.24, 2.45) is 5.92 Å². The second-order valence-electron chi connectivity index (χ2n) is 6.75. The minimum absolute atomic E-state index is 0.0815. The molecule has 0 saturated carbocycles. The maximum atomic E-state index is 12.6. The molecule has 0 fully saturated rings. The van der Waals surface area contributed by atoms with Crippen LogP contribution in [0, 0.1) is 12.8 Å². The number of aryl methyl sites for hydroxylation is 1. The molecule has 0 bridgehead atoms. The monoisotopic (exact) mass is 365 g/mol. The van der Waals surface area contributed by atoms with Gasteiger partial charge in [-0.05, 0) is 37.1 Å². The molecule has 0 saturated heterocycles. The third-order valence-corrected chi connectivity index (χ3v) is 4.30. The minimum Gasteiger partial charge on any atom is -0.497 e. The summed E-state index contributed by atoms with van der Waals surface area (Å²) < 4.78 is 10.7. The van der Waals surface area contributed by atoms with Crippen LogP contribution in [0.15, 0.2) is 53.1 Å². The predicted molar refractivity (Wildman–Crippen MR) is 103 cm³/mol.